The van der Waals surface area contributed by atoms with Crippen LogP contribution in [0, 0.1) is 0 Å². The summed E-state index contributed by atoms with van der Waals surface area (Å²) < 4.78 is 9.29. The number of rotatable bonds is 3. The van der Waals surface area contributed by atoms with Crippen molar-refractivity contribution in [3.63, 3.8) is 0 Å². The molecule has 0 aromatic carbocycles. The molecule has 17 heavy (non-hydrogen) atoms. The van der Waals surface area contributed by atoms with E-state index in [9.17, 15) is 9.59 Å². The van der Waals surface area contributed by atoms with Gasteiger partial charge in [0.15, 0.2) is 0 Å². The molecule has 0 aliphatic rings. The molecule has 1 aromatic rings. The van der Waals surface area contributed by atoms with Gasteiger partial charge in [-0.05, 0) is 13.0 Å². The van der Waals surface area contributed by atoms with Crippen LogP contribution in [0.4, 0.5) is 0 Å². The van der Waals surface area contributed by atoms with Gasteiger partial charge in [-0.25, -0.2) is 14.6 Å². The molecule has 0 unspecified atom stereocenters. The molecular formula is C10H9Cl2NO4. The first-order valence-electron chi connectivity index (χ1n) is 4.62. The van der Waals surface area contributed by atoms with Crippen LogP contribution >= 0.6 is 23.2 Å². The van der Waals surface area contributed by atoms with Gasteiger partial charge in [0.2, 0.25) is 0 Å². The van der Waals surface area contributed by atoms with Crippen molar-refractivity contribution in [3.8, 4) is 0 Å². The summed E-state index contributed by atoms with van der Waals surface area (Å²) in [5, 5.41) is -0.210. The summed E-state index contributed by atoms with van der Waals surface area (Å²) >= 11 is 11.4. The van der Waals surface area contributed by atoms with Gasteiger partial charge in [-0.3, -0.25) is 0 Å². The van der Waals surface area contributed by atoms with Gasteiger partial charge < -0.3 is 9.47 Å². The second-order valence-electron chi connectivity index (χ2n) is 2.87. The molecule has 1 aromatic heterocycles. The van der Waals surface area contributed by atoms with Gasteiger partial charge in [0, 0.05) is 0 Å². The van der Waals surface area contributed by atoms with Gasteiger partial charge in [0.25, 0.3) is 0 Å². The number of hydrogen-bond donors (Lipinski definition) is 0. The van der Waals surface area contributed by atoms with E-state index in [4.69, 9.17) is 27.9 Å². The second kappa shape index (κ2) is 5.84. The molecule has 0 bridgehead atoms. The Balaban J connectivity index is 3.35. The van der Waals surface area contributed by atoms with E-state index in [1.807, 2.05) is 0 Å². The molecule has 1 rings (SSSR count). The number of pyridine rings is 1. The number of hydrogen-bond acceptors (Lipinski definition) is 5. The Morgan fingerprint density at radius 3 is 2.53 bits per heavy atom. The largest absolute Gasteiger partial charge is 0.465 e. The second-order valence-corrected chi connectivity index (χ2v) is 3.62. The van der Waals surface area contributed by atoms with Crippen LogP contribution in [0.3, 0.4) is 0 Å². The predicted octanol–water partition coefficient (Wildman–Crippen LogP) is 2.35. The summed E-state index contributed by atoms with van der Waals surface area (Å²) in [6, 6.07) is 1.21. The Kier molecular flexibility index (Phi) is 4.72. The molecule has 0 atom stereocenters. The van der Waals surface area contributed by atoms with Gasteiger partial charge in [0.05, 0.1) is 19.3 Å². The van der Waals surface area contributed by atoms with Gasteiger partial charge >= 0.3 is 11.9 Å². The number of halogens is 2. The molecule has 0 spiro atoms. The van der Waals surface area contributed by atoms with Crippen molar-refractivity contribution in [2.75, 3.05) is 13.7 Å². The van der Waals surface area contributed by atoms with E-state index in [1.54, 1.807) is 6.92 Å². The maximum atomic E-state index is 11.6. The van der Waals surface area contributed by atoms with Gasteiger partial charge in [-0.2, -0.15) is 0 Å². The van der Waals surface area contributed by atoms with E-state index in [2.05, 4.69) is 9.72 Å². The molecule has 0 aliphatic heterocycles. The van der Waals surface area contributed by atoms with Gasteiger partial charge in [-0.1, -0.05) is 23.2 Å². The Hall–Kier alpha value is -1.33. The fourth-order valence-electron chi connectivity index (χ4n) is 1.15. The van der Waals surface area contributed by atoms with Crippen LogP contribution in [0.1, 0.15) is 27.6 Å². The lowest BCUT2D eigenvalue weighted by Gasteiger charge is -2.08. The molecule has 0 aliphatic carbocycles. The fourth-order valence-corrected chi connectivity index (χ4v) is 1.66. The first kappa shape index (κ1) is 13.7. The lowest BCUT2D eigenvalue weighted by atomic mass is 10.1. The molecule has 92 valence electrons. The predicted molar refractivity (Wildman–Crippen MR) is 61.6 cm³/mol. The molecule has 0 amide bonds. The Morgan fingerprint density at radius 1 is 1.35 bits per heavy atom. The highest BCUT2D eigenvalue weighted by molar-refractivity contribution is 6.35. The highest BCUT2D eigenvalue weighted by Crippen LogP contribution is 2.23. The smallest absolute Gasteiger partial charge is 0.341 e. The van der Waals surface area contributed by atoms with Crippen molar-refractivity contribution in [2.45, 2.75) is 6.92 Å². The summed E-state index contributed by atoms with van der Waals surface area (Å²) in [7, 11) is 1.17. The molecular weight excluding hydrogens is 269 g/mol. The zero-order chi connectivity index (χ0) is 13.0. The normalized spacial score (nSPS) is 9.88. The number of aromatic nitrogens is 1. The number of esters is 2. The average molecular weight is 278 g/mol. The van der Waals surface area contributed by atoms with E-state index in [0.717, 1.165) is 0 Å². The topological polar surface area (TPSA) is 65.5 Å². The Bertz CT molecular complexity index is 462. The van der Waals surface area contributed by atoms with E-state index in [1.165, 1.54) is 13.2 Å². The minimum Gasteiger partial charge on any atom is -0.465 e. The summed E-state index contributed by atoms with van der Waals surface area (Å²) in [4.78, 5) is 26.8. The lowest BCUT2D eigenvalue weighted by molar-refractivity contribution is 0.0503. The number of nitrogens with zero attached hydrogens (tertiary/aromatic N) is 1. The van der Waals surface area contributed by atoms with Crippen LogP contribution in [0.2, 0.25) is 10.3 Å². The third kappa shape index (κ3) is 3.08. The van der Waals surface area contributed by atoms with Crippen molar-refractivity contribution < 1.29 is 19.1 Å². The average Bonchev–Trinajstić information content (AvgIpc) is 2.27. The first-order valence-corrected chi connectivity index (χ1v) is 5.38. The third-order valence-electron chi connectivity index (χ3n) is 1.83. The van der Waals surface area contributed by atoms with Gasteiger partial charge in [0.1, 0.15) is 15.9 Å². The molecule has 0 saturated heterocycles. The highest BCUT2D eigenvalue weighted by atomic mass is 35.5. The number of methoxy groups -OCH3 is 1. The number of carbonyl (C=O) groups excluding carboxylic acids is 2. The van der Waals surface area contributed by atoms with Crippen LogP contribution < -0.4 is 0 Å². The van der Waals surface area contributed by atoms with E-state index in [-0.39, 0.29) is 28.0 Å². The quantitative estimate of drug-likeness (QED) is 0.627. The highest BCUT2D eigenvalue weighted by Gasteiger charge is 2.24. The molecule has 0 fully saturated rings. The van der Waals surface area contributed by atoms with Crippen LogP contribution in [-0.2, 0) is 9.47 Å². The zero-order valence-corrected chi connectivity index (χ0v) is 10.6. The van der Waals surface area contributed by atoms with Crippen molar-refractivity contribution in [1.82, 2.24) is 4.98 Å². The molecule has 0 radical (unpaired) electrons. The zero-order valence-electron chi connectivity index (χ0n) is 9.12. The third-order valence-corrected chi connectivity index (χ3v) is 2.30. The van der Waals surface area contributed by atoms with Gasteiger partial charge in [-0.15, -0.1) is 0 Å². The summed E-state index contributed by atoms with van der Waals surface area (Å²) in [6.07, 6.45) is 0. The summed E-state index contributed by atoms with van der Waals surface area (Å²) in [5.74, 6) is -1.48. The standard InChI is InChI=1S/C10H9Cl2NO4/c1-3-17-9(14)5-4-6(11)13-8(12)7(5)10(15)16-2/h4H,3H2,1-2H3. The maximum Gasteiger partial charge on any atom is 0.341 e. The van der Waals surface area contributed by atoms with Crippen LogP contribution in [0.25, 0.3) is 0 Å². The van der Waals surface area contributed by atoms with Crippen molar-refractivity contribution in [1.29, 1.82) is 0 Å². The molecule has 1 heterocycles. The summed E-state index contributed by atoms with van der Waals surface area (Å²) in [6.45, 7) is 1.80. The molecule has 7 heteroatoms. The SMILES string of the molecule is CCOC(=O)c1cc(Cl)nc(Cl)c1C(=O)OC. The minimum absolute atomic E-state index is 0.00861. The number of ether oxygens (including phenoxy) is 2. The monoisotopic (exact) mass is 277 g/mol. The van der Waals surface area contributed by atoms with E-state index >= 15 is 0 Å². The van der Waals surface area contributed by atoms with E-state index in [0.29, 0.717) is 0 Å². The van der Waals surface area contributed by atoms with Crippen molar-refractivity contribution in [2.24, 2.45) is 0 Å². The van der Waals surface area contributed by atoms with Crippen LogP contribution in [0.5, 0.6) is 0 Å². The van der Waals surface area contributed by atoms with Crippen LogP contribution in [-0.4, -0.2) is 30.6 Å². The van der Waals surface area contributed by atoms with Crippen molar-refractivity contribution >= 4 is 35.1 Å². The summed E-state index contributed by atoms with van der Waals surface area (Å²) in [5.41, 5.74) is -0.222. The lowest BCUT2D eigenvalue weighted by Crippen LogP contribution is -2.14. The Labute approximate surface area is 108 Å². The Morgan fingerprint density at radius 2 is 2.00 bits per heavy atom. The van der Waals surface area contributed by atoms with Crippen molar-refractivity contribution in [3.05, 3.63) is 27.5 Å². The molecule has 0 N–H and O–H groups in total. The van der Waals surface area contributed by atoms with Crippen LogP contribution in [0.15, 0.2) is 6.07 Å². The molecule has 0 saturated carbocycles. The van der Waals surface area contributed by atoms with E-state index < -0.39 is 11.9 Å². The minimum atomic E-state index is -0.776. The first-order chi connectivity index (χ1) is 8.01. The maximum absolute atomic E-state index is 11.6. The number of carbonyl (C=O) groups is 2. The molecule has 5 nitrogen and oxygen atoms in total. The fraction of sp³-hybridized carbons (Fsp3) is 0.300.